The van der Waals surface area contributed by atoms with E-state index in [4.69, 9.17) is 0 Å². The van der Waals surface area contributed by atoms with Crippen molar-refractivity contribution in [2.45, 2.75) is 17.9 Å². The van der Waals surface area contributed by atoms with Gasteiger partial charge >= 0.3 is 17.9 Å². The van der Waals surface area contributed by atoms with Gasteiger partial charge in [0.25, 0.3) is 16.0 Å². The summed E-state index contributed by atoms with van der Waals surface area (Å²) in [7, 11) is -5.13. The van der Waals surface area contributed by atoms with E-state index in [0.29, 0.717) is 11.4 Å². The van der Waals surface area contributed by atoms with Crippen LogP contribution in [0.25, 0.3) is 21.9 Å². The van der Waals surface area contributed by atoms with Crippen LogP contribution in [0.2, 0.25) is 0 Å². The van der Waals surface area contributed by atoms with Crippen LogP contribution in [0, 0.1) is 0 Å². The zero-order valence-electron chi connectivity index (χ0n) is 27.4. The largest absolute Gasteiger partial charge is 0.507 e. The summed E-state index contributed by atoms with van der Waals surface area (Å²) >= 11 is 0. The topological polar surface area (TPSA) is 289 Å². The maximum Gasteiger partial charge on any atom is 0.339 e. The van der Waals surface area contributed by atoms with E-state index in [9.17, 15) is 57.7 Å². The number of hydrazone groups is 1. The summed E-state index contributed by atoms with van der Waals surface area (Å²) in [6.45, 7) is 1.58. The van der Waals surface area contributed by atoms with Gasteiger partial charge in [-0.3, -0.25) is 9.35 Å². The number of carbonyl (C=O) groups excluding carboxylic acids is 1. The summed E-state index contributed by atoms with van der Waals surface area (Å²) in [5.41, 5.74) is -1.50. The molecule has 0 saturated carbocycles. The molecule has 1 unspecified atom stereocenters. The van der Waals surface area contributed by atoms with Gasteiger partial charge in [-0.2, -0.15) is 28.8 Å². The minimum Gasteiger partial charge on any atom is -0.507 e. The van der Waals surface area contributed by atoms with Gasteiger partial charge in [0.15, 0.2) is 11.8 Å². The number of azo groups is 2. The number of benzene rings is 5. The molecule has 1 aliphatic heterocycles. The Balaban J connectivity index is 1.33. The summed E-state index contributed by atoms with van der Waals surface area (Å²) in [5.74, 6) is -6.69. The number of carboxylic acids is 3. The predicted octanol–water partition coefficient (Wildman–Crippen LogP) is 6.55. The highest BCUT2D eigenvalue weighted by molar-refractivity contribution is 7.86. The lowest BCUT2D eigenvalue weighted by atomic mass is 9.99. The fraction of sp³-hybridized carbons (Fsp3) is 0.0571. The fourth-order valence-electron chi connectivity index (χ4n) is 5.46. The molecule has 1 atom stereocenters. The second-order valence-corrected chi connectivity index (χ2v) is 13.0. The first-order valence-electron chi connectivity index (χ1n) is 15.3. The highest BCUT2D eigenvalue weighted by Gasteiger charge is 2.35. The van der Waals surface area contributed by atoms with Gasteiger partial charge in [0.1, 0.15) is 27.6 Å². The Kier molecular flexibility index (Phi) is 9.42. The molecule has 54 heavy (non-hydrogen) atoms. The molecule has 1 amide bonds. The number of hydrogen-bond acceptors (Lipinski definition) is 13. The number of anilines is 1. The van der Waals surface area contributed by atoms with Crippen molar-refractivity contribution < 1.29 is 57.7 Å². The average Bonchev–Trinajstić information content (AvgIpc) is 3.41. The summed E-state index contributed by atoms with van der Waals surface area (Å²) in [6, 6.07) is 17.6. The number of hydrogen-bond donors (Lipinski definition) is 6. The maximum atomic E-state index is 13.0. The molecular formula is C35H24N6O12S. The third kappa shape index (κ3) is 6.94. The molecule has 0 radical (unpaired) electrons. The van der Waals surface area contributed by atoms with Crippen LogP contribution in [0.15, 0.2) is 115 Å². The van der Waals surface area contributed by atoms with Crippen LogP contribution < -0.4 is 5.01 Å². The molecule has 18 nitrogen and oxygen atoms in total. The first-order chi connectivity index (χ1) is 25.5. The number of fused-ring (bicyclic) bond motifs is 1. The Morgan fingerprint density at radius 3 is 1.87 bits per heavy atom. The molecule has 5 aromatic rings. The van der Waals surface area contributed by atoms with E-state index in [1.165, 1.54) is 35.3 Å². The van der Waals surface area contributed by atoms with Crippen molar-refractivity contribution in [3.63, 3.8) is 0 Å². The Bertz CT molecular complexity index is 2640. The summed E-state index contributed by atoms with van der Waals surface area (Å²) in [6.07, 6.45) is 0. The number of phenols is 2. The molecule has 0 bridgehead atoms. The fourth-order valence-corrected chi connectivity index (χ4v) is 6.12. The Labute approximate surface area is 303 Å². The number of amides is 1. The highest BCUT2D eigenvalue weighted by Crippen LogP contribution is 2.43. The SMILES string of the molecule is CC1=NN(c2ccccc2)C(=O)C1N=Nc1ccc(-c2ccc(N=Nc3c(S(=O)(=O)O)cc4cc(C(=O)O)c(O)cc4c3O)c(C(=O)O)c2)cc1C(=O)O. The smallest absolute Gasteiger partial charge is 0.339 e. The molecule has 0 saturated heterocycles. The number of aromatic carboxylic acids is 3. The number of nitrogens with zero attached hydrogens (tertiary/aromatic N) is 6. The normalized spacial score (nSPS) is 14.6. The molecule has 272 valence electrons. The van der Waals surface area contributed by atoms with E-state index >= 15 is 0 Å². The first-order valence-corrected chi connectivity index (χ1v) is 16.7. The Morgan fingerprint density at radius 1 is 0.741 bits per heavy atom. The van der Waals surface area contributed by atoms with Crippen molar-refractivity contribution in [1.82, 2.24) is 0 Å². The van der Waals surface area contributed by atoms with Crippen molar-refractivity contribution in [1.29, 1.82) is 0 Å². The molecule has 0 fully saturated rings. The molecular weight excluding hydrogens is 728 g/mol. The van der Waals surface area contributed by atoms with E-state index in [-0.39, 0.29) is 38.8 Å². The van der Waals surface area contributed by atoms with Crippen LogP contribution in [-0.2, 0) is 14.9 Å². The minimum absolute atomic E-state index is 0.105. The maximum absolute atomic E-state index is 13.0. The van der Waals surface area contributed by atoms with Crippen molar-refractivity contribution in [2.24, 2.45) is 25.6 Å². The van der Waals surface area contributed by atoms with E-state index in [1.54, 1.807) is 37.3 Å². The van der Waals surface area contributed by atoms with Gasteiger partial charge in [-0.15, -0.1) is 10.2 Å². The summed E-state index contributed by atoms with van der Waals surface area (Å²) in [5, 5.41) is 70.8. The van der Waals surface area contributed by atoms with Crippen molar-refractivity contribution in [3.8, 4) is 22.6 Å². The monoisotopic (exact) mass is 752 g/mol. The van der Waals surface area contributed by atoms with Crippen molar-refractivity contribution >= 4 is 73.2 Å². The third-order valence-electron chi connectivity index (χ3n) is 8.10. The third-order valence-corrected chi connectivity index (χ3v) is 8.97. The highest BCUT2D eigenvalue weighted by atomic mass is 32.2. The predicted molar refractivity (Wildman–Crippen MR) is 189 cm³/mol. The van der Waals surface area contributed by atoms with Crippen LogP contribution >= 0.6 is 0 Å². The van der Waals surface area contributed by atoms with Gasteiger partial charge in [-0.25, -0.2) is 14.4 Å². The molecule has 1 aliphatic rings. The zero-order valence-corrected chi connectivity index (χ0v) is 28.2. The number of carboxylic acid groups (broad SMARTS) is 3. The van der Waals surface area contributed by atoms with Gasteiger partial charge < -0.3 is 25.5 Å². The zero-order chi connectivity index (χ0) is 39.1. The molecule has 5 aromatic carbocycles. The molecule has 6 rings (SSSR count). The first kappa shape index (κ1) is 36.4. The van der Waals surface area contributed by atoms with E-state index < -0.39 is 73.2 Å². The molecule has 19 heteroatoms. The number of aromatic hydroxyl groups is 2. The number of phenolic OH excluding ortho intramolecular Hbond substituents is 1. The average molecular weight is 753 g/mol. The van der Waals surface area contributed by atoms with Gasteiger partial charge in [-0.1, -0.05) is 30.3 Å². The number of carbonyl (C=O) groups is 4. The minimum atomic E-state index is -5.13. The van der Waals surface area contributed by atoms with Gasteiger partial charge in [0.05, 0.1) is 28.2 Å². The lowest BCUT2D eigenvalue weighted by molar-refractivity contribution is -0.117. The lowest BCUT2D eigenvalue weighted by Crippen LogP contribution is -2.29. The lowest BCUT2D eigenvalue weighted by Gasteiger charge is -2.12. The molecule has 0 aliphatic carbocycles. The van der Waals surface area contributed by atoms with Crippen LogP contribution in [0.5, 0.6) is 11.5 Å². The quantitative estimate of drug-likeness (QED) is 0.0654. The second kappa shape index (κ2) is 14.0. The van der Waals surface area contributed by atoms with E-state index in [1.807, 2.05) is 0 Å². The van der Waals surface area contributed by atoms with Crippen LogP contribution in [0.1, 0.15) is 38.0 Å². The second-order valence-electron chi connectivity index (χ2n) is 11.6. The Hall–Kier alpha value is -7.38. The van der Waals surface area contributed by atoms with Gasteiger partial charge in [0, 0.05) is 5.39 Å². The van der Waals surface area contributed by atoms with E-state index in [2.05, 4.69) is 25.6 Å². The Morgan fingerprint density at radius 2 is 1.31 bits per heavy atom. The van der Waals surface area contributed by atoms with Crippen LogP contribution in [-0.4, -0.2) is 74.1 Å². The van der Waals surface area contributed by atoms with Crippen LogP contribution in [0.4, 0.5) is 22.7 Å². The molecule has 6 N–H and O–H groups in total. The number of para-hydroxylation sites is 1. The number of rotatable bonds is 10. The standard InChI is InChI=1S/C35H24N6O12S/c1-16-29(32(44)41(40-16)20-5-3-2-4-6-20)38-36-25-9-7-17(11-22(25)33(45)46)18-8-10-26(23(12-18)34(47)48)37-39-30-28(54(51,52)53)14-19-13-24(35(49)50)27(42)15-21(19)31(30)43/h2-15,29,42-43H,1H3,(H,45,46)(H,47,48)(H,49,50)(H,51,52,53). The van der Waals surface area contributed by atoms with Gasteiger partial charge in [-0.05, 0) is 78.0 Å². The summed E-state index contributed by atoms with van der Waals surface area (Å²) in [4.78, 5) is 48.0. The molecule has 0 spiro atoms. The van der Waals surface area contributed by atoms with Gasteiger partial charge in [0.2, 0.25) is 0 Å². The van der Waals surface area contributed by atoms with Crippen molar-refractivity contribution in [3.05, 3.63) is 102 Å². The van der Waals surface area contributed by atoms with Crippen LogP contribution in [0.3, 0.4) is 0 Å². The molecule has 0 aromatic heterocycles. The van der Waals surface area contributed by atoms with E-state index in [0.717, 1.165) is 24.3 Å². The van der Waals surface area contributed by atoms with Crippen molar-refractivity contribution in [2.75, 3.05) is 5.01 Å². The summed E-state index contributed by atoms with van der Waals surface area (Å²) < 4.78 is 34.3. The molecule has 1 heterocycles.